The minimum absolute atomic E-state index is 0.0866. The van der Waals surface area contributed by atoms with Crippen LogP contribution in [-0.4, -0.2) is 39.5 Å². The van der Waals surface area contributed by atoms with Crippen molar-refractivity contribution in [3.63, 3.8) is 0 Å². The van der Waals surface area contributed by atoms with Crippen LogP contribution in [0, 0.1) is 5.82 Å². The summed E-state index contributed by atoms with van der Waals surface area (Å²) in [6, 6.07) is 4.18. The van der Waals surface area contributed by atoms with Crippen LogP contribution in [0.25, 0.3) is 10.9 Å². The number of nitrogens with one attached hydrogen (secondary N) is 1. The largest absolute Gasteiger partial charge is 0.480 e. The molecule has 6 heteroatoms. The maximum Gasteiger partial charge on any atom is 0.323 e. The van der Waals surface area contributed by atoms with Crippen molar-refractivity contribution in [2.24, 2.45) is 0 Å². The number of carbonyl (C=O) groups excluding carboxylic acids is 1. The number of fused-ring (bicyclic) bond motifs is 1. The van der Waals surface area contributed by atoms with E-state index in [4.69, 9.17) is 5.11 Å². The lowest BCUT2D eigenvalue weighted by molar-refractivity contribution is -0.145. The number of H-pyrrole nitrogens is 1. The Morgan fingerprint density at radius 3 is 2.77 bits per heavy atom. The molecule has 118 valence electrons. The molecule has 2 rings (SSSR count). The van der Waals surface area contributed by atoms with Crippen LogP contribution in [0.15, 0.2) is 24.4 Å². The second kappa shape index (κ2) is 6.60. The van der Waals surface area contributed by atoms with E-state index in [0.29, 0.717) is 11.9 Å². The molecule has 2 aromatic rings. The van der Waals surface area contributed by atoms with Crippen molar-refractivity contribution in [3.8, 4) is 0 Å². The van der Waals surface area contributed by atoms with E-state index in [1.165, 1.54) is 17.0 Å². The van der Waals surface area contributed by atoms with Crippen LogP contribution in [0.1, 0.15) is 25.8 Å². The molecule has 0 spiro atoms. The van der Waals surface area contributed by atoms with Gasteiger partial charge in [0, 0.05) is 23.1 Å². The number of hydrogen-bond acceptors (Lipinski definition) is 2. The fourth-order valence-corrected chi connectivity index (χ4v) is 2.43. The maximum atomic E-state index is 13.2. The number of hydrogen-bond donors (Lipinski definition) is 2. The average molecular weight is 306 g/mol. The van der Waals surface area contributed by atoms with Gasteiger partial charge in [-0.25, -0.2) is 4.39 Å². The van der Waals surface area contributed by atoms with Crippen molar-refractivity contribution in [2.45, 2.75) is 32.7 Å². The predicted octanol–water partition coefficient (Wildman–Crippen LogP) is 2.56. The lowest BCUT2D eigenvalue weighted by Gasteiger charge is -2.27. The number of nitrogens with zero attached hydrogens (tertiary/aromatic N) is 1. The fraction of sp³-hybridized carbons (Fsp3) is 0.375. The summed E-state index contributed by atoms with van der Waals surface area (Å²) >= 11 is 0. The topological polar surface area (TPSA) is 73.4 Å². The number of carboxylic acids is 1. The van der Waals surface area contributed by atoms with Gasteiger partial charge in [-0.05, 0) is 37.1 Å². The third-order valence-corrected chi connectivity index (χ3v) is 3.82. The molecule has 0 aliphatic carbocycles. The lowest BCUT2D eigenvalue weighted by atomic mass is 10.1. The molecule has 0 radical (unpaired) electrons. The Hall–Kier alpha value is -2.37. The van der Waals surface area contributed by atoms with Gasteiger partial charge in [0.15, 0.2) is 0 Å². The van der Waals surface area contributed by atoms with E-state index in [0.717, 1.165) is 10.9 Å². The number of halogens is 1. The molecule has 1 aromatic carbocycles. The first-order valence-corrected chi connectivity index (χ1v) is 7.19. The highest BCUT2D eigenvalue weighted by Crippen LogP contribution is 2.20. The summed E-state index contributed by atoms with van der Waals surface area (Å²) in [7, 11) is 0. The molecular formula is C16H19FN2O3. The van der Waals surface area contributed by atoms with E-state index in [2.05, 4.69) is 4.98 Å². The van der Waals surface area contributed by atoms with Crippen molar-refractivity contribution in [1.82, 2.24) is 9.88 Å². The molecule has 0 aliphatic rings. The molecule has 5 nitrogen and oxygen atoms in total. The Morgan fingerprint density at radius 1 is 1.41 bits per heavy atom. The average Bonchev–Trinajstić information content (AvgIpc) is 2.85. The van der Waals surface area contributed by atoms with Crippen molar-refractivity contribution in [3.05, 3.63) is 35.8 Å². The number of amides is 1. The first-order chi connectivity index (χ1) is 10.4. The zero-order chi connectivity index (χ0) is 16.3. The molecule has 22 heavy (non-hydrogen) atoms. The van der Waals surface area contributed by atoms with Gasteiger partial charge in [-0.2, -0.15) is 0 Å². The van der Waals surface area contributed by atoms with Crippen molar-refractivity contribution >= 4 is 22.8 Å². The summed E-state index contributed by atoms with van der Waals surface area (Å²) in [4.78, 5) is 27.7. The number of carbonyl (C=O) groups is 2. The van der Waals surface area contributed by atoms with E-state index in [1.54, 1.807) is 12.3 Å². The van der Waals surface area contributed by atoms with Crippen molar-refractivity contribution in [1.29, 1.82) is 0 Å². The van der Waals surface area contributed by atoms with Crippen LogP contribution in [-0.2, 0) is 16.0 Å². The highest BCUT2D eigenvalue weighted by molar-refractivity contribution is 5.90. The Kier molecular flexibility index (Phi) is 4.80. The second-order valence-electron chi connectivity index (χ2n) is 5.35. The number of benzene rings is 1. The molecular weight excluding hydrogens is 287 g/mol. The van der Waals surface area contributed by atoms with Crippen LogP contribution in [0.3, 0.4) is 0 Å². The molecule has 1 aromatic heterocycles. The standard InChI is InChI=1S/C16H19FN2O3/c1-3-10(2)19(9-16(21)22)15(20)6-11-8-18-14-7-12(17)4-5-13(11)14/h4-5,7-8,10,18H,3,6,9H2,1-2H3,(H,21,22). The first-order valence-electron chi connectivity index (χ1n) is 7.19. The van der Waals surface area contributed by atoms with Crippen LogP contribution in [0.2, 0.25) is 0 Å². The highest BCUT2D eigenvalue weighted by Gasteiger charge is 2.22. The summed E-state index contributed by atoms with van der Waals surface area (Å²) in [5, 5.41) is 9.74. The molecule has 0 bridgehead atoms. The number of aromatic nitrogens is 1. The Labute approximate surface area is 127 Å². The minimum atomic E-state index is -1.03. The smallest absolute Gasteiger partial charge is 0.323 e. The summed E-state index contributed by atoms with van der Waals surface area (Å²) in [5.74, 6) is -1.63. The van der Waals surface area contributed by atoms with Gasteiger partial charge >= 0.3 is 5.97 Å². The van der Waals surface area contributed by atoms with E-state index in [-0.39, 0.29) is 30.7 Å². The second-order valence-corrected chi connectivity index (χ2v) is 5.35. The van der Waals surface area contributed by atoms with E-state index in [9.17, 15) is 14.0 Å². The molecule has 0 saturated heterocycles. The fourth-order valence-electron chi connectivity index (χ4n) is 2.43. The Balaban J connectivity index is 2.22. The highest BCUT2D eigenvalue weighted by atomic mass is 19.1. The van der Waals surface area contributed by atoms with Crippen LogP contribution >= 0.6 is 0 Å². The van der Waals surface area contributed by atoms with Gasteiger partial charge in [-0.3, -0.25) is 9.59 Å². The van der Waals surface area contributed by atoms with Gasteiger partial charge in [0.2, 0.25) is 5.91 Å². The summed E-state index contributed by atoms with van der Waals surface area (Å²) in [6.07, 6.45) is 2.43. The van der Waals surface area contributed by atoms with Crippen molar-refractivity contribution < 1.29 is 19.1 Å². The minimum Gasteiger partial charge on any atom is -0.480 e. The molecule has 1 heterocycles. The number of aromatic amines is 1. The Bertz CT molecular complexity index is 696. The quantitative estimate of drug-likeness (QED) is 0.861. The zero-order valence-electron chi connectivity index (χ0n) is 12.6. The third kappa shape index (κ3) is 3.44. The van der Waals surface area contributed by atoms with Crippen LogP contribution in [0.5, 0.6) is 0 Å². The van der Waals surface area contributed by atoms with Gasteiger partial charge < -0.3 is 15.0 Å². The zero-order valence-corrected chi connectivity index (χ0v) is 12.6. The SMILES string of the molecule is CCC(C)N(CC(=O)O)C(=O)Cc1c[nH]c2cc(F)ccc12. The molecule has 1 unspecified atom stereocenters. The van der Waals surface area contributed by atoms with Crippen LogP contribution in [0.4, 0.5) is 4.39 Å². The van der Waals surface area contributed by atoms with E-state index >= 15 is 0 Å². The number of aliphatic carboxylic acids is 1. The molecule has 1 amide bonds. The molecule has 2 N–H and O–H groups in total. The number of carboxylic acid groups (broad SMARTS) is 1. The summed E-state index contributed by atoms with van der Waals surface area (Å²) in [6.45, 7) is 3.41. The normalized spacial score (nSPS) is 12.3. The van der Waals surface area contributed by atoms with E-state index < -0.39 is 5.97 Å². The van der Waals surface area contributed by atoms with Crippen LogP contribution < -0.4 is 0 Å². The molecule has 0 aliphatic heterocycles. The first kappa shape index (κ1) is 16.0. The van der Waals surface area contributed by atoms with Gasteiger partial charge in [-0.15, -0.1) is 0 Å². The maximum absolute atomic E-state index is 13.2. The number of rotatable bonds is 6. The molecule has 0 fully saturated rings. The molecule has 1 atom stereocenters. The van der Waals surface area contributed by atoms with Gasteiger partial charge in [0.25, 0.3) is 0 Å². The summed E-state index contributed by atoms with van der Waals surface area (Å²) < 4.78 is 13.2. The predicted molar refractivity (Wildman–Crippen MR) is 81.1 cm³/mol. The monoisotopic (exact) mass is 306 g/mol. The van der Waals surface area contributed by atoms with Crippen molar-refractivity contribution in [2.75, 3.05) is 6.54 Å². The van der Waals surface area contributed by atoms with Gasteiger partial charge in [0.05, 0.1) is 6.42 Å². The molecule has 0 saturated carbocycles. The van der Waals surface area contributed by atoms with Gasteiger partial charge in [0.1, 0.15) is 12.4 Å². The third-order valence-electron chi connectivity index (χ3n) is 3.82. The lowest BCUT2D eigenvalue weighted by Crippen LogP contribution is -2.42. The van der Waals surface area contributed by atoms with E-state index in [1.807, 2.05) is 13.8 Å². The summed E-state index contributed by atoms with van der Waals surface area (Å²) in [5.41, 5.74) is 1.36. The Morgan fingerprint density at radius 2 is 2.14 bits per heavy atom. The van der Waals surface area contributed by atoms with Gasteiger partial charge in [-0.1, -0.05) is 6.92 Å².